The van der Waals surface area contributed by atoms with Gasteiger partial charge in [-0.3, -0.25) is 0 Å². The van der Waals surface area contributed by atoms with Crippen LogP contribution in [0.25, 0.3) is 0 Å². The first-order chi connectivity index (χ1) is 14.9. The SMILES string of the molecule is O=C(O)[C@@H]1[C@@H](O)[C@H](O)[C@@H](O)c2nc(CCc3ccc(CCc4ccccc4)cc3)cn21. The van der Waals surface area contributed by atoms with E-state index in [0.29, 0.717) is 18.5 Å². The highest BCUT2D eigenvalue weighted by molar-refractivity contribution is 5.73. The van der Waals surface area contributed by atoms with Crippen molar-refractivity contribution in [2.75, 3.05) is 0 Å². The largest absolute Gasteiger partial charge is 0.480 e. The lowest BCUT2D eigenvalue weighted by atomic mass is 9.96. The predicted octanol–water partition coefficient (Wildman–Crippen LogP) is 1.85. The third kappa shape index (κ3) is 4.54. The average Bonchev–Trinajstić information content (AvgIpc) is 3.20. The van der Waals surface area contributed by atoms with E-state index >= 15 is 0 Å². The van der Waals surface area contributed by atoms with Crippen molar-refractivity contribution in [3.63, 3.8) is 0 Å². The van der Waals surface area contributed by atoms with Crippen molar-refractivity contribution in [3.8, 4) is 0 Å². The Labute approximate surface area is 180 Å². The summed E-state index contributed by atoms with van der Waals surface area (Å²) in [6.45, 7) is 0. The van der Waals surface area contributed by atoms with Gasteiger partial charge in [0.15, 0.2) is 6.04 Å². The molecular weight excluding hydrogens is 396 g/mol. The molecule has 3 aromatic rings. The maximum atomic E-state index is 11.5. The van der Waals surface area contributed by atoms with E-state index in [0.717, 1.165) is 18.4 Å². The monoisotopic (exact) mass is 422 g/mol. The van der Waals surface area contributed by atoms with Crippen LogP contribution in [-0.4, -0.2) is 48.2 Å². The van der Waals surface area contributed by atoms with Gasteiger partial charge < -0.3 is 25.0 Å². The molecule has 162 valence electrons. The third-order valence-electron chi connectivity index (χ3n) is 5.86. The summed E-state index contributed by atoms with van der Waals surface area (Å²) in [6.07, 6.45) is 0.132. The van der Waals surface area contributed by atoms with E-state index in [2.05, 4.69) is 41.4 Å². The van der Waals surface area contributed by atoms with Crippen LogP contribution in [0.2, 0.25) is 0 Å². The number of aryl methyl sites for hydroxylation is 4. The van der Waals surface area contributed by atoms with Crippen LogP contribution < -0.4 is 0 Å². The fourth-order valence-corrected chi connectivity index (χ4v) is 4.06. The number of aliphatic carboxylic acids is 1. The number of hydrogen-bond acceptors (Lipinski definition) is 5. The van der Waals surface area contributed by atoms with Gasteiger partial charge in [0.1, 0.15) is 24.1 Å². The van der Waals surface area contributed by atoms with E-state index in [4.69, 9.17) is 0 Å². The molecular formula is C24H26N2O5. The lowest BCUT2D eigenvalue weighted by Crippen LogP contribution is -2.47. The Morgan fingerprint density at radius 1 is 0.806 bits per heavy atom. The fourth-order valence-electron chi connectivity index (χ4n) is 4.06. The van der Waals surface area contributed by atoms with E-state index in [1.807, 2.05) is 18.2 Å². The molecule has 0 fully saturated rings. The number of nitrogens with zero attached hydrogens (tertiary/aromatic N) is 2. The highest BCUT2D eigenvalue weighted by Crippen LogP contribution is 2.33. The topological polar surface area (TPSA) is 116 Å². The maximum Gasteiger partial charge on any atom is 0.329 e. The van der Waals surface area contributed by atoms with E-state index in [-0.39, 0.29) is 5.82 Å². The molecule has 1 aromatic heterocycles. The van der Waals surface area contributed by atoms with Gasteiger partial charge in [-0.2, -0.15) is 0 Å². The van der Waals surface area contributed by atoms with Gasteiger partial charge in [-0.15, -0.1) is 0 Å². The zero-order chi connectivity index (χ0) is 22.0. The molecule has 4 N–H and O–H groups in total. The van der Waals surface area contributed by atoms with E-state index in [1.54, 1.807) is 6.20 Å². The summed E-state index contributed by atoms with van der Waals surface area (Å²) in [5.41, 5.74) is 4.31. The summed E-state index contributed by atoms with van der Waals surface area (Å²) in [5, 5.41) is 39.6. The molecule has 0 saturated heterocycles. The lowest BCUT2D eigenvalue weighted by Gasteiger charge is -2.33. The molecule has 0 bridgehead atoms. The maximum absolute atomic E-state index is 11.5. The highest BCUT2D eigenvalue weighted by atomic mass is 16.4. The van der Waals surface area contributed by atoms with Crippen LogP contribution in [0, 0.1) is 0 Å². The summed E-state index contributed by atoms with van der Waals surface area (Å²) in [4.78, 5) is 15.9. The van der Waals surface area contributed by atoms with Gasteiger partial charge in [0.25, 0.3) is 0 Å². The number of carboxylic acid groups (broad SMARTS) is 1. The predicted molar refractivity (Wildman–Crippen MR) is 114 cm³/mol. The molecule has 0 aliphatic carbocycles. The molecule has 1 aliphatic heterocycles. The van der Waals surface area contributed by atoms with Gasteiger partial charge in [0.05, 0.1) is 5.69 Å². The first-order valence-electron chi connectivity index (χ1n) is 10.4. The zero-order valence-electron chi connectivity index (χ0n) is 17.0. The normalized spacial score (nSPS) is 22.8. The highest BCUT2D eigenvalue weighted by Gasteiger charge is 2.45. The number of benzene rings is 2. The summed E-state index contributed by atoms with van der Waals surface area (Å²) < 4.78 is 1.26. The molecule has 1 aliphatic rings. The molecule has 4 atom stereocenters. The molecule has 0 spiro atoms. The van der Waals surface area contributed by atoms with Crippen LogP contribution in [-0.2, 0) is 30.5 Å². The van der Waals surface area contributed by atoms with Gasteiger partial charge in [0, 0.05) is 6.20 Å². The summed E-state index contributed by atoms with van der Waals surface area (Å²) in [5.74, 6) is -1.22. The van der Waals surface area contributed by atoms with Gasteiger partial charge in [0.2, 0.25) is 0 Å². The minimum absolute atomic E-state index is 0.0662. The molecule has 0 radical (unpaired) electrons. The second-order valence-corrected chi connectivity index (χ2v) is 8.01. The Kier molecular flexibility index (Phi) is 6.18. The van der Waals surface area contributed by atoms with Gasteiger partial charge in [-0.05, 0) is 42.4 Å². The molecule has 7 heteroatoms. The Balaban J connectivity index is 1.40. The minimum Gasteiger partial charge on any atom is -0.480 e. The number of imidazole rings is 1. The Morgan fingerprint density at radius 2 is 1.35 bits per heavy atom. The standard InChI is InChI=1S/C24H26N2O5/c27-20-19(24(30)31)26-14-18(25-23(26)22(29)21(20)28)13-12-17-10-8-16(9-11-17)7-6-15-4-2-1-3-5-15/h1-5,8-11,14,19-22,27-29H,6-7,12-13H2,(H,30,31)/t19-,20+,21-,22+/m0/s1. The van der Waals surface area contributed by atoms with Crippen LogP contribution in [0.15, 0.2) is 60.8 Å². The summed E-state index contributed by atoms with van der Waals surface area (Å²) >= 11 is 0. The van der Waals surface area contributed by atoms with Crippen LogP contribution in [0.5, 0.6) is 0 Å². The first kappa shape index (κ1) is 21.2. The number of hydrogen-bond donors (Lipinski definition) is 4. The molecule has 4 rings (SSSR count). The van der Waals surface area contributed by atoms with Crippen molar-refractivity contribution in [2.45, 2.75) is 50.0 Å². The van der Waals surface area contributed by atoms with Crippen LogP contribution in [0.1, 0.15) is 40.4 Å². The second kappa shape index (κ2) is 9.01. The van der Waals surface area contributed by atoms with E-state index < -0.39 is 30.3 Å². The van der Waals surface area contributed by atoms with Crippen molar-refractivity contribution in [1.82, 2.24) is 9.55 Å². The van der Waals surface area contributed by atoms with Crippen LogP contribution >= 0.6 is 0 Å². The molecule has 2 aromatic carbocycles. The van der Waals surface area contributed by atoms with Gasteiger partial charge in [-0.25, -0.2) is 9.78 Å². The zero-order valence-corrected chi connectivity index (χ0v) is 17.0. The minimum atomic E-state index is -1.61. The van der Waals surface area contributed by atoms with Gasteiger partial charge in [-0.1, -0.05) is 54.6 Å². The van der Waals surface area contributed by atoms with E-state index in [9.17, 15) is 25.2 Å². The van der Waals surface area contributed by atoms with Crippen molar-refractivity contribution in [3.05, 3.63) is 89.0 Å². The van der Waals surface area contributed by atoms with Gasteiger partial charge >= 0.3 is 5.97 Å². The number of aromatic nitrogens is 2. The molecule has 0 amide bonds. The Hall–Kier alpha value is -3.00. The quantitative estimate of drug-likeness (QED) is 0.462. The Morgan fingerprint density at radius 3 is 1.94 bits per heavy atom. The number of carboxylic acids is 1. The molecule has 31 heavy (non-hydrogen) atoms. The van der Waals surface area contributed by atoms with Crippen molar-refractivity contribution >= 4 is 5.97 Å². The van der Waals surface area contributed by atoms with Crippen LogP contribution in [0.3, 0.4) is 0 Å². The smallest absolute Gasteiger partial charge is 0.329 e. The number of aliphatic hydroxyl groups is 3. The number of fused-ring (bicyclic) bond motifs is 1. The van der Waals surface area contributed by atoms with Crippen molar-refractivity contribution in [2.24, 2.45) is 0 Å². The average molecular weight is 422 g/mol. The van der Waals surface area contributed by atoms with Crippen LogP contribution in [0.4, 0.5) is 0 Å². The molecule has 7 nitrogen and oxygen atoms in total. The van der Waals surface area contributed by atoms with Crippen molar-refractivity contribution in [1.29, 1.82) is 0 Å². The molecule has 0 saturated carbocycles. The fraction of sp³-hybridized carbons (Fsp3) is 0.333. The lowest BCUT2D eigenvalue weighted by molar-refractivity contribution is -0.156. The third-order valence-corrected chi connectivity index (χ3v) is 5.86. The van der Waals surface area contributed by atoms with Crippen molar-refractivity contribution < 1.29 is 25.2 Å². The second-order valence-electron chi connectivity index (χ2n) is 8.01. The summed E-state index contributed by atoms with van der Waals surface area (Å²) in [7, 11) is 0. The first-order valence-corrected chi connectivity index (χ1v) is 10.4. The molecule has 0 unspecified atom stereocenters. The number of aliphatic hydroxyl groups excluding tert-OH is 3. The molecule has 2 heterocycles. The summed E-state index contributed by atoms with van der Waals surface area (Å²) in [6, 6.07) is 17.4. The Bertz CT molecular complexity index is 1030. The van der Waals surface area contributed by atoms with E-state index in [1.165, 1.54) is 15.7 Å². The number of carbonyl (C=O) groups is 1. The number of rotatable bonds is 7.